The Morgan fingerprint density at radius 1 is 1.40 bits per heavy atom. The van der Waals surface area contributed by atoms with Crippen molar-refractivity contribution in [2.24, 2.45) is 5.92 Å². The molecule has 2 N–H and O–H groups in total. The van der Waals surface area contributed by atoms with Crippen LogP contribution in [0.15, 0.2) is 30.5 Å². The van der Waals surface area contributed by atoms with Gasteiger partial charge < -0.3 is 14.8 Å². The van der Waals surface area contributed by atoms with Crippen molar-refractivity contribution >= 4 is 5.97 Å². The number of hydrogen-bond donors (Lipinski definition) is 2. The molecule has 0 spiro atoms. The number of aryl methyl sites for hydroxylation is 1. The largest absolute Gasteiger partial charge is 0.508 e. The Kier molecular flexibility index (Phi) is 3.18. The standard InChI is InChI=1S/C15H16N2O3/c18-13-4-2-1-3-10(13)7-12-9-17-8-11(15(19)20)5-6-14(17)16-12/h1-4,9,11,18H,5-8H2,(H,19,20). The van der Waals surface area contributed by atoms with Crippen molar-refractivity contribution in [3.05, 3.63) is 47.5 Å². The molecule has 1 unspecified atom stereocenters. The Labute approximate surface area is 116 Å². The van der Waals surface area contributed by atoms with Crippen molar-refractivity contribution in [2.75, 3.05) is 0 Å². The zero-order valence-electron chi connectivity index (χ0n) is 11.0. The molecule has 1 aliphatic rings. The predicted molar refractivity (Wildman–Crippen MR) is 72.6 cm³/mol. The Hall–Kier alpha value is -2.30. The van der Waals surface area contributed by atoms with Crippen LogP contribution in [0.2, 0.25) is 0 Å². The molecule has 0 saturated carbocycles. The molecule has 2 heterocycles. The molecule has 0 fully saturated rings. The minimum atomic E-state index is -0.744. The summed E-state index contributed by atoms with van der Waals surface area (Å²) in [5.41, 5.74) is 1.70. The van der Waals surface area contributed by atoms with Gasteiger partial charge in [-0.25, -0.2) is 4.98 Å². The SMILES string of the molecule is O=C(O)C1CCc2nc(Cc3ccccc3O)cn2C1. The molecule has 1 atom stereocenters. The van der Waals surface area contributed by atoms with E-state index in [1.807, 2.05) is 22.9 Å². The molecular weight excluding hydrogens is 256 g/mol. The zero-order valence-corrected chi connectivity index (χ0v) is 11.0. The predicted octanol–water partition coefficient (Wildman–Crippen LogP) is 1.83. The first-order valence-corrected chi connectivity index (χ1v) is 6.68. The van der Waals surface area contributed by atoms with Gasteiger partial charge in [0, 0.05) is 25.6 Å². The van der Waals surface area contributed by atoms with Crippen molar-refractivity contribution in [3.63, 3.8) is 0 Å². The molecular formula is C15H16N2O3. The highest BCUT2D eigenvalue weighted by Gasteiger charge is 2.25. The maximum atomic E-state index is 11.0. The summed E-state index contributed by atoms with van der Waals surface area (Å²) in [6.45, 7) is 0.485. The molecule has 1 aliphatic heterocycles. The first-order valence-electron chi connectivity index (χ1n) is 6.68. The number of fused-ring (bicyclic) bond motifs is 1. The van der Waals surface area contributed by atoms with Gasteiger partial charge in [0.05, 0.1) is 11.6 Å². The van der Waals surface area contributed by atoms with E-state index >= 15 is 0 Å². The summed E-state index contributed by atoms with van der Waals surface area (Å²) in [6, 6.07) is 7.19. The monoisotopic (exact) mass is 272 g/mol. The van der Waals surface area contributed by atoms with Gasteiger partial charge in [-0.1, -0.05) is 18.2 Å². The maximum absolute atomic E-state index is 11.0. The molecule has 5 nitrogen and oxygen atoms in total. The van der Waals surface area contributed by atoms with E-state index in [4.69, 9.17) is 5.11 Å². The molecule has 0 radical (unpaired) electrons. The first-order chi connectivity index (χ1) is 9.63. The van der Waals surface area contributed by atoms with Gasteiger partial charge in [-0.3, -0.25) is 4.79 Å². The number of carboxylic acid groups (broad SMARTS) is 1. The molecule has 3 rings (SSSR count). The third kappa shape index (κ3) is 2.39. The van der Waals surface area contributed by atoms with Gasteiger partial charge in [-0.05, 0) is 18.1 Å². The number of carbonyl (C=O) groups is 1. The van der Waals surface area contributed by atoms with E-state index in [2.05, 4.69) is 4.98 Å². The summed E-state index contributed by atoms with van der Waals surface area (Å²) >= 11 is 0. The fourth-order valence-electron chi connectivity index (χ4n) is 2.65. The number of nitrogens with zero attached hydrogens (tertiary/aromatic N) is 2. The highest BCUT2D eigenvalue weighted by molar-refractivity contribution is 5.70. The van der Waals surface area contributed by atoms with Crippen LogP contribution in [-0.4, -0.2) is 25.7 Å². The fraction of sp³-hybridized carbons (Fsp3) is 0.333. The lowest BCUT2D eigenvalue weighted by atomic mass is 10.00. The Balaban J connectivity index is 1.81. The molecule has 2 aromatic rings. The highest BCUT2D eigenvalue weighted by atomic mass is 16.4. The topological polar surface area (TPSA) is 75.3 Å². The quantitative estimate of drug-likeness (QED) is 0.893. The van der Waals surface area contributed by atoms with E-state index in [0.29, 0.717) is 25.8 Å². The number of aliphatic carboxylic acids is 1. The van der Waals surface area contributed by atoms with Gasteiger partial charge in [0.2, 0.25) is 0 Å². The number of rotatable bonds is 3. The minimum absolute atomic E-state index is 0.266. The third-order valence-electron chi connectivity index (χ3n) is 3.75. The van der Waals surface area contributed by atoms with Crippen molar-refractivity contribution in [1.82, 2.24) is 9.55 Å². The second kappa shape index (κ2) is 5.00. The summed E-state index contributed by atoms with van der Waals surface area (Å²) in [5, 5.41) is 18.9. The first kappa shape index (κ1) is 12.7. The fourth-order valence-corrected chi connectivity index (χ4v) is 2.65. The van der Waals surface area contributed by atoms with Crippen molar-refractivity contribution in [3.8, 4) is 5.75 Å². The molecule has 1 aromatic heterocycles. The van der Waals surface area contributed by atoms with Crippen LogP contribution in [0.25, 0.3) is 0 Å². The van der Waals surface area contributed by atoms with Crippen LogP contribution in [0.1, 0.15) is 23.5 Å². The number of aromatic hydroxyl groups is 1. The van der Waals surface area contributed by atoms with E-state index in [1.54, 1.807) is 12.1 Å². The Bertz CT molecular complexity index is 648. The lowest BCUT2D eigenvalue weighted by Crippen LogP contribution is -2.26. The van der Waals surface area contributed by atoms with Gasteiger partial charge in [0.25, 0.3) is 0 Å². The average molecular weight is 272 g/mol. The Morgan fingerprint density at radius 2 is 2.20 bits per heavy atom. The third-order valence-corrected chi connectivity index (χ3v) is 3.75. The van der Waals surface area contributed by atoms with E-state index in [0.717, 1.165) is 17.1 Å². The molecule has 5 heteroatoms. The number of aromatic nitrogens is 2. The second-order valence-electron chi connectivity index (χ2n) is 5.18. The average Bonchev–Trinajstić information content (AvgIpc) is 2.82. The van der Waals surface area contributed by atoms with Crippen LogP contribution in [-0.2, 0) is 24.2 Å². The van der Waals surface area contributed by atoms with E-state index in [9.17, 15) is 9.90 Å². The van der Waals surface area contributed by atoms with Gasteiger partial charge >= 0.3 is 5.97 Å². The van der Waals surface area contributed by atoms with Crippen LogP contribution in [0, 0.1) is 5.92 Å². The van der Waals surface area contributed by atoms with Crippen LogP contribution in [0.3, 0.4) is 0 Å². The van der Waals surface area contributed by atoms with Gasteiger partial charge in [0.15, 0.2) is 0 Å². The van der Waals surface area contributed by atoms with Crippen LogP contribution in [0.4, 0.5) is 0 Å². The highest BCUT2D eigenvalue weighted by Crippen LogP contribution is 2.23. The number of phenolic OH excluding ortho intramolecular Hbond substituents is 1. The number of para-hydroxylation sites is 1. The van der Waals surface area contributed by atoms with Gasteiger partial charge in [0.1, 0.15) is 11.6 Å². The van der Waals surface area contributed by atoms with Crippen LogP contribution >= 0.6 is 0 Å². The number of hydrogen-bond acceptors (Lipinski definition) is 3. The number of imidazole rings is 1. The van der Waals surface area contributed by atoms with Crippen molar-refractivity contribution in [2.45, 2.75) is 25.8 Å². The lowest BCUT2D eigenvalue weighted by Gasteiger charge is -2.19. The lowest BCUT2D eigenvalue weighted by molar-refractivity contribution is -0.142. The zero-order chi connectivity index (χ0) is 14.1. The second-order valence-corrected chi connectivity index (χ2v) is 5.18. The molecule has 20 heavy (non-hydrogen) atoms. The Morgan fingerprint density at radius 3 is 2.95 bits per heavy atom. The minimum Gasteiger partial charge on any atom is -0.508 e. The molecule has 0 aliphatic carbocycles. The summed E-state index contributed by atoms with van der Waals surface area (Å²) in [7, 11) is 0. The number of phenols is 1. The van der Waals surface area contributed by atoms with Crippen molar-refractivity contribution < 1.29 is 15.0 Å². The van der Waals surface area contributed by atoms with E-state index < -0.39 is 5.97 Å². The van der Waals surface area contributed by atoms with E-state index in [1.165, 1.54) is 0 Å². The molecule has 0 bridgehead atoms. The number of benzene rings is 1. The van der Waals surface area contributed by atoms with Gasteiger partial charge in [-0.2, -0.15) is 0 Å². The number of carboxylic acids is 1. The molecule has 0 amide bonds. The van der Waals surface area contributed by atoms with Crippen molar-refractivity contribution in [1.29, 1.82) is 0 Å². The van der Waals surface area contributed by atoms with Crippen LogP contribution < -0.4 is 0 Å². The van der Waals surface area contributed by atoms with Crippen LogP contribution in [0.5, 0.6) is 5.75 Å². The smallest absolute Gasteiger partial charge is 0.308 e. The summed E-state index contributed by atoms with van der Waals surface area (Å²) in [6.07, 6.45) is 3.79. The summed E-state index contributed by atoms with van der Waals surface area (Å²) in [5.74, 6) is 0.135. The normalized spacial score (nSPS) is 17.7. The van der Waals surface area contributed by atoms with E-state index in [-0.39, 0.29) is 11.7 Å². The molecule has 0 saturated heterocycles. The summed E-state index contributed by atoms with van der Waals surface area (Å²) in [4.78, 5) is 15.6. The van der Waals surface area contributed by atoms with Gasteiger partial charge in [-0.15, -0.1) is 0 Å². The molecule has 1 aromatic carbocycles. The summed E-state index contributed by atoms with van der Waals surface area (Å²) < 4.78 is 1.93. The maximum Gasteiger partial charge on any atom is 0.308 e. The molecule has 104 valence electrons.